The van der Waals surface area contributed by atoms with Gasteiger partial charge in [-0.15, -0.1) is 0 Å². The van der Waals surface area contributed by atoms with Gasteiger partial charge in [0, 0.05) is 6.42 Å². The van der Waals surface area contributed by atoms with Gasteiger partial charge in [0.2, 0.25) is 0 Å². The van der Waals surface area contributed by atoms with Crippen LogP contribution in [0.2, 0.25) is 0 Å². The minimum absolute atomic E-state index is 0.0604. The lowest BCUT2D eigenvalue weighted by molar-refractivity contribution is -0.147. The summed E-state index contributed by atoms with van der Waals surface area (Å²) in [6.45, 7) is 3.90. The normalized spacial score (nSPS) is 11.3. The van der Waals surface area contributed by atoms with E-state index in [4.69, 9.17) is 5.26 Å². The summed E-state index contributed by atoms with van der Waals surface area (Å²) in [5.74, 6) is -1.86. The Morgan fingerprint density at radius 1 is 1.27 bits per heavy atom. The van der Waals surface area contributed by atoms with Crippen molar-refractivity contribution in [3.63, 3.8) is 0 Å². The molecule has 0 spiro atoms. The van der Waals surface area contributed by atoms with Crippen LogP contribution in [0.15, 0.2) is 0 Å². The topological polar surface area (TPSA) is 76.4 Å². The van der Waals surface area contributed by atoms with E-state index in [1.165, 1.54) is 0 Å². The van der Waals surface area contributed by atoms with Gasteiger partial charge in [0.05, 0.1) is 19.3 Å². The molecule has 0 saturated heterocycles. The van der Waals surface area contributed by atoms with Crippen LogP contribution in [0, 0.1) is 17.2 Å². The second-order valence-electron chi connectivity index (χ2n) is 2.78. The molecule has 0 aromatic heterocycles. The number of ether oxygens (including phenoxy) is 2. The van der Waals surface area contributed by atoms with E-state index in [9.17, 15) is 9.59 Å². The first-order chi connectivity index (χ1) is 7.15. The van der Waals surface area contributed by atoms with Gasteiger partial charge in [0.15, 0.2) is 0 Å². The highest BCUT2D eigenvalue weighted by Gasteiger charge is 2.20. The van der Waals surface area contributed by atoms with Gasteiger partial charge >= 0.3 is 11.9 Å². The van der Waals surface area contributed by atoms with Gasteiger partial charge in [-0.3, -0.25) is 9.59 Å². The van der Waals surface area contributed by atoms with Gasteiger partial charge in [-0.25, -0.2) is 0 Å². The smallest absolute Gasteiger partial charge is 0.323 e. The molecule has 0 aromatic rings. The first kappa shape index (κ1) is 13.4. The van der Waals surface area contributed by atoms with Gasteiger partial charge in [-0.05, 0) is 20.3 Å². The molecule has 0 aliphatic heterocycles. The Morgan fingerprint density at radius 3 is 2.33 bits per heavy atom. The zero-order valence-electron chi connectivity index (χ0n) is 8.99. The molecular formula is C10H15NO4. The predicted molar refractivity (Wildman–Crippen MR) is 51.6 cm³/mol. The Kier molecular flexibility index (Phi) is 6.98. The van der Waals surface area contributed by atoms with Crippen LogP contribution >= 0.6 is 0 Å². The van der Waals surface area contributed by atoms with Crippen molar-refractivity contribution >= 4 is 11.9 Å². The molecule has 0 N–H and O–H groups in total. The molecule has 0 rings (SSSR count). The number of carbonyl (C=O) groups excluding carboxylic acids is 2. The van der Waals surface area contributed by atoms with Gasteiger partial charge in [-0.2, -0.15) is 5.26 Å². The molecule has 5 nitrogen and oxygen atoms in total. The van der Waals surface area contributed by atoms with E-state index in [1.807, 2.05) is 0 Å². The minimum Gasteiger partial charge on any atom is -0.466 e. The molecular weight excluding hydrogens is 198 g/mol. The Labute approximate surface area is 89.0 Å². The fraction of sp³-hybridized carbons (Fsp3) is 0.700. The summed E-state index contributed by atoms with van der Waals surface area (Å²) in [5, 5.41) is 8.66. The first-order valence-corrected chi connectivity index (χ1v) is 4.87. The SMILES string of the molecule is CCOC(=O)CCC(C#N)C(=O)OCC. The van der Waals surface area contributed by atoms with Crippen molar-refractivity contribution in [3.05, 3.63) is 0 Å². The van der Waals surface area contributed by atoms with E-state index in [0.717, 1.165) is 0 Å². The van der Waals surface area contributed by atoms with E-state index >= 15 is 0 Å². The van der Waals surface area contributed by atoms with Gasteiger partial charge in [0.1, 0.15) is 5.92 Å². The van der Waals surface area contributed by atoms with Crippen LogP contribution in [0.4, 0.5) is 0 Å². The van der Waals surface area contributed by atoms with Gasteiger partial charge < -0.3 is 9.47 Å². The fourth-order valence-corrected chi connectivity index (χ4v) is 0.973. The zero-order chi connectivity index (χ0) is 11.7. The van der Waals surface area contributed by atoms with E-state index < -0.39 is 17.9 Å². The highest BCUT2D eigenvalue weighted by molar-refractivity contribution is 5.76. The molecule has 0 amide bonds. The molecule has 0 saturated carbocycles. The maximum absolute atomic E-state index is 11.1. The van der Waals surface area contributed by atoms with Crippen LogP contribution in [0.1, 0.15) is 26.7 Å². The molecule has 0 aliphatic carbocycles. The van der Waals surface area contributed by atoms with E-state index in [-0.39, 0.29) is 19.4 Å². The monoisotopic (exact) mass is 213 g/mol. The summed E-state index contributed by atoms with van der Waals surface area (Å²) in [6.07, 6.45) is 0.207. The second kappa shape index (κ2) is 7.80. The highest BCUT2D eigenvalue weighted by atomic mass is 16.5. The molecule has 5 heteroatoms. The van der Waals surface area contributed by atoms with Crippen molar-refractivity contribution in [2.24, 2.45) is 5.92 Å². The van der Waals surface area contributed by atoms with Crippen LogP contribution in [-0.2, 0) is 19.1 Å². The molecule has 0 heterocycles. The average Bonchev–Trinajstić information content (AvgIpc) is 2.19. The Balaban J connectivity index is 3.96. The number of esters is 2. The van der Waals surface area contributed by atoms with Crippen molar-refractivity contribution in [1.82, 2.24) is 0 Å². The third-order valence-electron chi connectivity index (χ3n) is 1.67. The Bertz CT molecular complexity index is 257. The number of hydrogen-bond donors (Lipinski definition) is 0. The standard InChI is InChI=1S/C10H15NO4/c1-3-14-9(12)6-5-8(7-11)10(13)15-4-2/h8H,3-6H2,1-2H3. The Morgan fingerprint density at radius 2 is 1.87 bits per heavy atom. The quantitative estimate of drug-likeness (QED) is 0.616. The summed E-state index contributed by atoms with van der Waals surface area (Å²) in [6, 6.07) is 1.80. The van der Waals surface area contributed by atoms with E-state index in [0.29, 0.717) is 6.61 Å². The maximum Gasteiger partial charge on any atom is 0.323 e. The van der Waals surface area contributed by atoms with Gasteiger partial charge in [0.25, 0.3) is 0 Å². The van der Waals surface area contributed by atoms with E-state index in [2.05, 4.69) is 9.47 Å². The van der Waals surface area contributed by atoms with Crippen LogP contribution in [0.5, 0.6) is 0 Å². The lowest BCUT2D eigenvalue weighted by atomic mass is 10.1. The summed E-state index contributed by atoms with van der Waals surface area (Å²) >= 11 is 0. The zero-order valence-corrected chi connectivity index (χ0v) is 8.99. The molecule has 0 bridgehead atoms. The molecule has 0 aromatic carbocycles. The average molecular weight is 213 g/mol. The second-order valence-corrected chi connectivity index (χ2v) is 2.78. The number of nitriles is 1. The largest absolute Gasteiger partial charge is 0.466 e. The minimum atomic E-state index is -0.880. The van der Waals surface area contributed by atoms with Crippen molar-refractivity contribution < 1.29 is 19.1 Å². The van der Waals surface area contributed by atoms with Crippen molar-refractivity contribution in [2.45, 2.75) is 26.7 Å². The number of nitrogens with zero attached hydrogens (tertiary/aromatic N) is 1. The van der Waals surface area contributed by atoms with Crippen LogP contribution in [-0.4, -0.2) is 25.2 Å². The van der Waals surface area contributed by atoms with Crippen LogP contribution < -0.4 is 0 Å². The molecule has 15 heavy (non-hydrogen) atoms. The molecule has 84 valence electrons. The first-order valence-electron chi connectivity index (χ1n) is 4.87. The number of carbonyl (C=O) groups is 2. The fourth-order valence-electron chi connectivity index (χ4n) is 0.973. The third-order valence-corrected chi connectivity index (χ3v) is 1.67. The lowest BCUT2D eigenvalue weighted by Gasteiger charge is -2.07. The van der Waals surface area contributed by atoms with Crippen molar-refractivity contribution in [2.75, 3.05) is 13.2 Å². The molecule has 0 fully saturated rings. The number of rotatable bonds is 6. The summed E-state index contributed by atoms with van der Waals surface area (Å²) in [5.41, 5.74) is 0. The summed E-state index contributed by atoms with van der Waals surface area (Å²) in [4.78, 5) is 22.1. The maximum atomic E-state index is 11.1. The van der Waals surface area contributed by atoms with Crippen LogP contribution in [0.25, 0.3) is 0 Å². The van der Waals surface area contributed by atoms with Crippen LogP contribution in [0.3, 0.4) is 0 Å². The van der Waals surface area contributed by atoms with E-state index in [1.54, 1.807) is 19.9 Å². The molecule has 0 radical (unpaired) electrons. The lowest BCUT2D eigenvalue weighted by Crippen LogP contribution is -2.18. The molecule has 1 atom stereocenters. The Hall–Kier alpha value is -1.57. The number of hydrogen-bond acceptors (Lipinski definition) is 5. The summed E-state index contributed by atoms with van der Waals surface area (Å²) < 4.78 is 9.35. The predicted octanol–water partition coefficient (Wildman–Crippen LogP) is 1.03. The molecule has 1 unspecified atom stereocenters. The van der Waals surface area contributed by atoms with Crippen molar-refractivity contribution in [3.8, 4) is 6.07 Å². The highest BCUT2D eigenvalue weighted by Crippen LogP contribution is 2.08. The summed E-state index contributed by atoms with van der Waals surface area (Å²) in [7, 11) is 0. The van der Waals surface area contributed by atoms with Gasteiger partial charge in [-0.1, -0.05) is 0 Å². The molecule has 0 aliphatic rings. The third kappa shape index (κ3) is 5.68. The van der Waals surface area contributed by atoms with Crippen molar-refractivity contribution in [1.29, 1.82) is 5.26 Å².